The second kappa shape index (κ2) is 51.2. The van der Waals surface area contributed by atoms with Crippen LogP contribution in [0.1, 0.15) is 154 Å². The van der Waals surface area contributed by atoms with Gasteiger partial charge >= 0.3 is 5.63 Å². The van der Waals surface area contributed by atoms with E-state index in [9.17, 15) is 24.0 Å². The number of hydrogen-bond acceptors (Lipinski definition) is 20. The van der Waals surface area contributed by atoms with E-state index in [-0.39, 0.29) is 103 Å². The molecule has 0 saturated heterocycles. The van der Waals surface area contributed by atoms with Gasteiger partial charge in [0.15, 0.2) is 0 Å². The van der Waals surface area contributed by atoms with E-state index in [0.717, 1.165) is 29.7 Å². The van der Waals surface area contributed by atoms with Crippen molar-refractivity contribution in [3.8, 4) is 0 Å². The first-order valence-electron chi connectivity index (χ1n) is 45.0. The normalized spacial score (nSPS) is 13.5. The highest BCUT2D eigenvalue weighted by atomic mass is 16.5. The van der Waals surface area contributed by atoms with Crippen molar-refractivity contribution in [2.45, 2.75) is 190 Å². The third-order valence-corrected chi connectivity index (χ3v) is 23.2. The molecular weight excluding hydrogens is 1660 g/mol. The van der Waals surface area contributed by atoms with Crippen LogP contribution < -0.4 is 98.1 Å². The van der Waals surface area contributed by atoms with Crippen molar-refractivity contribution < 1.29 is 61.9 Å². The first-order chi connectivity index (χ1) is 63.1. The molecule has 0 aliphatic carbocycles. The van der Waals surface area contributed by atoms with Crippen molar-refractivity contribution >= 4 is 114 Å². The maximum absolute atomic E-state index is 15.7. The Bertz CT molecular complexity index is 5420. The second-order valence-corrected chi connectivity index (χ2v) is 32.5. The van der Waals surface area contributed by atoms with Gasteiger partial charge in [0, 0.05) is 113 Å². The van der Waals surface area contributed by atoms with Crippen LogP contribution in [-0.4, -0.2) is 200 Å². The van der Waals surface area contributed by atoms with Crippen LogP contribution in [0.15, 0.2) is 186 Å². The number of H-pyrrole nitrogens is 3. The molecule has 130 heavy (non-hydrogen) atoms. The Hall–Kier alpha value is -13.1. The van der Waals surface area contributed by atoms with Gasteiger partial charge in [-0.3, -0.25) is 52.7 Å². The number of ether oxygens (including phenoxy) is 1. The number of rotatable bonds is 56. The van der Waals surface area contributed by atoms with E-state index >= 15 is 33.6 Å². The smallest absolute Gasteiger partial charge is 0.349 e. The van der Waals surface area contributed by atoms with Crippen LogP contribution in [0.25, 0.3) is 43.7 Å². The minimum absolute atomic E-state index is 0.0154. The lowest BCUT2D eigenvalue weighted by molar-refractivity contribution is -0.136. The molecule has 0 bridgehead atoms. The van der Waals surface area contributed by atoms with E-state index in [0.29, 0.717) is 125 Å². The van der Waals surface area contributed by atoms with Crippen molar-refractivity contribution in [3.63, 3.8) is 0 Å². The number of aromatic amines is 3. The maximum atomic E-state index is 15.7. The number of hydrogen-bond donors (Lipinski definition) is 19. The summed E-state index contributed by atoms with van der Waals surface area (Å²) in [6.45, 7) is 5.92. The fourth-order valence-corrected chi connectivity index (χ4v) is 16.1. The average Bonchev–Trinajstić information content (AvgIpc) is 1.58. The van der Waals surface area contributed by atoms with Crippen molar-refractivity contribution in [1.29, 1.82) is 0 Å². The SMILES string of the molecule is CCN(CC)c1ccc2cc(C(=O)NCCOCC(=O)N[C@H](CCCCN)C(=O)N[C@H](CCCCN)C(=O)N[C@H](Cc3c[nH]c4ccccc34)C(=O)N[C@H](Cc3c[nH]c4ccccc34)C(=O)N[C@H](CCCCN)C(=O)N[C@H](CCCCN)C(=O)N[C@H](Cc3c[nH]c4ccccc34)C(=O)N[C@@H](C(=O)N[C@H](CCCCN)C(N)=O)C(c3ccccc3)c3ccccc3)c(=O)oc2c1. The number of unbranched alkanes of at least 4 members (excludes halogenated alkanes) is 5. The Balaban J connectivity index is 0.900. The zero-order valence-corrected chi connectivity index (χ0v) is 73.9. The number of fused-ring (bicyclic) bond motifs is 4. The number of carbonyl (C=O) groups is 11. The molecule has 0 aliphatic heterocycles. The van der Waals surface area contributed by atoms with Crippen LogP contribution in [0.4, 0.5) is 5.69 Å². The Labute approximate surface area is 755 Å². The van der Waals surface area contributed by atoms with E-state index in [2.05, 4.69) is 73.0 Å². The predicted octanol–water partition coefficient (Wildman–Crippen LogP) is 4.88. The lowest BCUT2D eigenvalue weighted by Gasteiger charge is -2.31. The van der Waals surface area contributed by atoms with Crippen molar-refractivity contribution in [2.24, 2.45) is 34.4 Å². The van der Waals surface area contributed by atoms with Gasteiger partial charge in [-0.25, -0.2) is 4.79 Å². The van der Waals surface area contributed by atoms with Gasteiger partial charge in [0.2, 0.25) is 59.1 Å². The average molecular weight is 1780 g/mol. The lowest BCUT2D eigenvalue weighted by Crippen LogP contribution is -2.61. The molecule has 4 aromatic heterocycles. The molecule has 11 amide bonds. The highest BCUT2D eigenvalue weighted by molar-refractivity contribution is 6.01. The summed E-state index contributed by atoms with van der Waals surface area (Å²) < 4.78 is 11.2. The molecule has 34 nitrogen and oxygen atoms in total. The number of nitrogens with zero attached hydrogens (tertiary/aromatic N) is 1. The third-order valence-electron chi connectivity index (χ3n) is 23.2. The molecule has 6 aromatic carbocycles. The van der Waals surface area contributed by atoms with Gasteiger partial charge in [-0.1, -0.05) is 115 Å². The summed E-state index contributed by atoms with van der Waals surface area (Å²) in [5, 5.41) is 31.4. The van der Waals surface area contributed by atoms with Crippen LogP contribution in [0.2, 0.25) is 0 Å². The van der Waals surface area contributed by atoms with Crippen LogP contribution in [-0.2, 0) is 71.9 Å². The number of amides is 11. The standard InChI is InChI=1S/C96H126N20O14/c1-3-116(4-2)66-43-42-62-51-70(96(128)130-82(62)55-66)87(119)103-49-50-129-59-83(117)107-75(38-18-23-45-98)88(120)109-77(40-20-25-47-100)90(122)112-80(53-64-57-105-72-35-15-12-32-68(64)72)93(125)114-79(52-63-56-104-71-34-14-11-31-67(63)71)92(124)111-76(39-19-24-46-99)89(121)110-78(41-21-26-48-101)91(123)113-81(54-65-58-106-73-36-16-13-33-69(65)73)94(126)115-85(95(127)108-74(86(102)118)37-17-22-44-97)84(60-27-7-5-8-28-60)61-29-9-6-10-30-61/h5-16,27-36,42-43,51,55-58,74-81,84-85,104-106H,3-4,17-26,37-41,44-50,52-54,59,97-101H2,1-2H3,(H2,102,118)(H,103,119)(H,107,117)(H,108,127)(H,109,120)(H,110,121)(H,111,124)(H,112,122)(H,113,123)(H,114,125)(H,115,126)/t74-,75-,76-,77-,78-,79-,80-,81-,85-/m1/s1. The predicted molar refractivity (Wildman–Crippen MR) is 501 cm³/mol. The molecule has 0 unspecified atom stereocenters. The molecule has 10 rings (SSSR count). The third kappa shape index (κ3) is 28.4. The second-order valence-electron chi connectivity index (χ2n) is 32.5. The van der Waals surface area contributed by atoms with Gasteiger partial charge in [-0.05, 0) is 207 Å². The fourth-order valence-electron chi connectivity index (χ4n) is 16.1. The van der Waals surface area contributed by atoms with E-state index in [1.165, 1.54) is 6.07 Å². The summed E-state index contributed by atoms with van der Waals surface area (Å²) in [6, 6.07) is 34.5. The molecule has 9 atom stereocenters. The zero-order valence-electron chi connectivity index (χ0n) is 73.9. The number of anilines is 1. The lowest BCUT2D eigenvalue weighted by atomic mass is 9.84. The fraction of sp³-hybridized carbons (Fsp3) is 0.417. The number of nitrogens with one attached hydrogen (secondary N) is 13. The molecule has 10 aromatic rings. The minimum atomic E-state index is -1.51. The highest BCUT2D eigenvalue weighted by Gasteiger charge is 2.40. The van der Waals surface area contributed by atoms with Crippen LogP contribution in [0, 0.1) is 0 Å². The molecule has 0 radical (unpaired) electrons. The van der Waals surface area contributed by atoms with Crippen molar-refractivity contribution in [1.82, 2.24) is 68.1 Å². The van der Waals surface area contributed by atoms with Crippen LogP contribution in [0.3, 0.4) is 0 Å². The Morgan fingerprint density at radius 3 is 1.15 bits per heavy atom. The number of para-hydroxylation sites is 3. The van der Waals surface area contributed by atoms with Gasteiger partial charge in [0.1, 0.15) is 72.1 Å². The van der Waals surface area contributed by atoms with E-state index in [1.807, 2.05) is 129 Å². The largest absolute Gasteiger partial charge is 0.422 e. The first-order valence-corrected chi connectivity index (χ1v) is 45.0. The Morgan fingerprint density at radius 1 is 0.400 bits per heavy atom. The topological polar surface area (TPSA) is 554 Å². The molecule has 694 valence electrons. The van der Waals surface area contributed by atoms with Gasteiger partial charge in [0.25, 0.3) is 5.91 Å². The molecule has 0 fully saturated rings. The van der Waals surface area contributed by atoms with Crippen LogP contribution >= 0.6 is 0 Å². The Morgan fingerprint density at radius 2 is 0.754 bits per heavy atom. The first kappa shape index (κ1) is 99.0. The number of benzene rings is 6. The maximum Gasteiger partial charge on any atom is 0.349 e. The quantitative estimate of drug-likeness (QED) is 0.0178. The summed E-state index contributed by atoms with van der Waals surface area (Å²) in [4.78, 5) is 188. The molecule has 4 heterocycles. The number of nitrogens with two attached hydrogens (primary N) is 6. The summed E-state index contributed by atoms with van der Waals surface area (Å²) in [5.41, 5.74) is 41.2. The van der Waals surface area contributed by atoms with Crippen molar-refractivity contribution in [3.05, 3.63) is 220 Å². The summed E-state index contributed by atoms with van der Waals surface area (Å²) in [6.07, 6.45) is 8.84. The molecule has 25 N–H and O–H groups in total. The van der Waals surface area contributed by atoms with E-state index in [4.69, 9.17) is 43.6 Å². The minimum Gasteiger partial charge on any atom is -0.422 e. The molecular formula is C96H126N20O14. The molecule has 0 aliphatic rings. The van der Waals surface area contributed by atoms with E-state index < -0.39 is 138 Å². The summed E-state index contributed by atoms with van der Waals surface area (Å²) in [7, 11) is 0. The number of primary amides is 1. The molecule has 34 heteroatoms. The van der Waals surface area contributed by atoms with Crippen molar-refractivity contribution in [2.75, 3.05) is 70.5 Å². The molecule has 0 saturated carbocycles. The van der Waals surface area contributed by atoms with Gasteiger partial charge in [-0.15, -0.1) is 0 Å². The summed E-state index contributed by atoms with van der Waals surface area (Å²) in [5.74, 6) is -9.49. The number of aromatic nitrogens is 3. The summed E-state index contributed by atoms with van der Waals surface area (Å²) >= 11 is 0. The zero-order chi connectivity index (χ0) is 92.9. The highest BCUT2D eigenvalue weighted by Crippen LogP contribution is 2.31. The Kier molecular flexibility index (Phi) is 39.0. The van der Waals surface area contributed by atoms with Gasteiger partial charge < -0.3 is 117 Å². The molecule has 0 spiro atoms. The van der Waals surface area contributed by atoms with Gasteiger partial charge in [0.05, 0.1) is 6.61 Å². The van der Waals surface area contributed by atoms with E-state index in [1.54, 1.807) is 55.0 Å². The van der Waals surface area contributed by atoms with Gasteiger partial charge in [-0.2, -0.15) is 0 Å². The monoisotopic (exact) mass is 1780 g/mol. The number of carbonyl (C=O) groups excluding carboxylic acids is 11. The van der Waals surface area contributed by atoms with Crippen LogP contribution in [0.5, 0.6) is 0 Å².